The van der Waals surface area contributed by atoms with Gasteiger partial charge in [-0.05, 0) is 30.2 Å². The van der Waals surface area contributed by atoms with Crippen LogP contribution in [0.4, 0.5) is 5.69 Å². The number of hydrogen-bond donors (Lipinski definition) is 0. The first kappa shape index (κ1) is 20.1. The Balaban J connectivity index is 0.00000225. The van der Waals surface area contributed by atoms with E-state index < -0.39 is 0 Å². The van der Waals surface area contributed by atoms with E-state index in [1.54, 1.807) is 12.1 Å². The third-order valence-corrected chi connectivity index (χ3v) is 5.39. The monoisotopic (exact) mass is 405 g/mol. The molecule has 150 valence electrons. The number of hydrogen-bond acceptors (Lipinski definition) is 6. The Labute approximate surface area is 170 Å². The van der Waals surface area contributed by atoms with Gasteiger partial charge in [-0.2, -0.15) is 0 Å². The molecule has 6 nitrogen and oxygen atoms in total. The highest BCUT2D eigenvalue weighted by atomic mass is 35.5. The fraction of sp³-hybridized carbons (Fsp3) is 0.381. The summed E-state index contributed by atoms with van der Waals surface area (Å²) in [4.78, 5) is 15.1. The zero-order valence-corrected chi connectivity index (χ0v) is 17.0. The van der Waals surface area contributed by atoms with Crippen molar-refractivity contribution in [3.05, 3.63) is 47.5 Å². The van der Waals surface area contributed by atoms with Crippen LogP contribution in [-0.2, 0) is 4.74 Å². The summed E-state index contributed by atoms with van der Waals surface area (Å²) >= 11 is 0. The molecule has 0 spiro atoms. The molecule has 0 N–H and O–H groups in total. The number of carbonyl (C=O) groups is 1. The average Bonchev–Trinajstić information content (AvgIpc) is 2.73. The molecule has 0 aliphatic carbocycles. The van der Waals surface area contributed by atoms with Gasteiger partial charge in [0, 0.05) is 18.2 Å². The lowest BCUT2D eigenvalue weighted by molar-refractivity contribution is 0.0193. The Morgan fingerprint density at radius 2 is 1.71 bits per heavy atom. The van der Waals surface area contributed by atoms with Crippen LogP contribution in [0, 0.1) is 0 Å². The standard InChI is InChI=1S/C21H23NO5.ClH/c1-24-17-10-13(11-18(25-2)20(17)26-3)21(23)27-19-12-22-9-8-15(19)14-6-4-5-7-16(14)22;/h4-7,10-11,15,19H,8-9,12H2,1-3H3;1H. The summed E-state index contributed by atoms with van der Waals surface area (Å²) in [5.74, 6) is 1.17. The van der Waals surface area contributed by atoms with Crippen molar-refractivity contribution in [3.63, 3.8) is 0 Å². The highest BCUT2D eigenvalue weighted by Gasteiger charge is 2.40. The highest BCUT2D eigenvalue weighted by Crippen LogP contribution is 2.44. The molecule has 0 radical (unpaired) electrons. The second-order valence-corrected chi connectivity index (χ2v) is 6.76. The maximum atomic E-state index is 12.8. The van der Waals surface area contributed by atoms with Gasteiger partial charge in [0.15, 0.2) is 11.5 Å². The van der Waals surface area contributed by atoms with Crippen LogP contribution in [0.3, 0.4) is 0 Å². The summed E-state index contributed by atoms with van der Waals surface area (Å²) in [5, 5.41) is 0. The van der Waals surface area contributed by atoms with E-state index in [2.05, 4.69) is 23.1 Å². The van der Waals surface area contributed by atoms with Gasteiger partial charge >= 0.3 is 5.97 Å². The lowest BCUT2D eigenvalue weighted by atomic mass is 9.81. The van der Waals surface area contributed by atoms with Gasteiger partial charge in [0.1, 0.15) is 6.10 Å². The number of piperidine rings is 1. The minimum absolute atomic E-state index is 0. The van der Waals surface area contributed by atoms with Crippen LogP contribution in [-0.4, -0.2) is 46.5 Å². The van der Waals surface area contributed by atoms with Crippen LogP contribution in [0.5, 0.6) is 17.2 Å². The Hall–Kier alpha value is -2.60. The summed E-state index contributed by atoms with van der Waals surface area (Å²) in [5.41, 5.74) is 2.90. The molecule has 3 heterocycles. The van der Waals surface area contributed by atoms with E-state index in [0.717, 1.165) is 19.5 Å². The van der Waals surface area contributed by atoms with E-state index in [9.17, 15) is 4.79 Å². The first-order valence-corrected chi connectivity index (χ1v) is 9.01. The van der Waals surface area contributed by atoms with E-state index in [1.165, 1.54) is 32.6 Å². The summed E-state index contributed by atoms with van der Waals surface area (Å²) in [6.07, 6.45) is 0.824. The van der Waals surface area contributed by atoms with Crippen molar-refractivity contribution in [2.45, 2.75) is 18.4 Å². The summed E-state index contributed by atoms with van der Waals surface area (Å²) in [7, 11) is 4.58. The van der Waals surface area contributed by atoms with Gasteiger partial charge in [-0.15, -0.1) is 12.4 Å². The first-order valence-electron chi connectivity index (χ1n) is 9.01. The van der Waals surface area contributed by atoms with Crippen molar-refractivity contribution in [3.8, 4) is 17.2 Å². The van der Waals surface area contributed by atoms with Crippen LogP contribution in [0.1, 0.15) is 28.3 Å². The second kappa shape index (κ2) is 8.19. The number of halogens is 1. The number of methoxy groups -OCH3 is 3. The largest absolute Gasteiger partial charge is 0.493 e. The van der Waals surface area contributed by atoms with Gasteiger partial charge in [-0.1, -0.05) is 18.2 Å². The molecule has 5 rings (SSSR count). The van der Waals surface area contributed by atoms with Crippen molar-refractivity contribution in [2.24, 2.45) is 0 Å². The number of ether oxygens (including phenoxy) is 4. The maximum Gasteiger partial charge on any atom is 0.338 e. The summed E-state index contributed by atoms with van der Waals surface area (Å²) in [6.45, 7) is 1.72. The first-order chi connectivity index (χ1) is 13.2. The van der Waals surface area contributed by atoms with Gasteiger partial charge in [0.25, 0.3) is 0 Å². The minimum Gasteiger partial charge on any atom is -0.493 e. The minimum atomic E-state index is -0.384. The lowest BCUT2D eigenvalue weighted by Crippen LogP contribution is -2.49. The smallest absolute Gasteiger partial charge is 0.338 e. The van der Waals surface area contributed by atoms with Gasteiger partial charge in [-0.3, -0.25) is 0 Å². The van der Waals surface area contributed by atoms with Gasteiger partial charge in [0.05, 0.1) is 33.4 Å². The zero-order chi connectivity index (χ0) is 19.0. The van der Waals surface area contributed by atoms with Gasteiger partial charge in [0.2, 0.25) is 5.75 Å². The molecular formula is C21H24ClNO5. The van der Waals surface area contributed by atoms with Crippen LogP contribution < -0.4 is 19.1 Å². The number of benzene rings is 2. The molecule has 28 heavy (non-hydrogen) atoms. The predicted molar refractivity (Wildman–Crippen MR) is 109 cm³/mol. The molecule has 2 bridgehead atoms. The Bertz CT molecular complexity index is 847. The SMILES string of the molecule is COc1cc(C(=O)OC2CN3CCC2c2ccccc23)cc(OC)c1OC.Cl. The molecule has 3 aliphatic heterocycles. The highest BCUT2D eigenvalue weighted by molar-refractivity contribution is 5.91. The molecule has 0 saturated carbocycles. The average molecular weight is 406 g/mol. The third kappa shape index (κ3) is 3.33. The van der Waals surface area contributed by atoms with Gasteiger partial charge < -0.3 is 23.8 Å². The Morgan fingerprint density at radius 1 is 1.04 bits per heavy atom. The van der Waals surface area contributed by atoms with E-state index in [-0.39, 0.29) is 30.4 Å². The maximum absolute atomic E-state index is 12.8. The van der Waals surface area contributed by atoms with Crippen molar-refractivity contribution in [2.75, 3.05) is 39.3 Å². The molecule has 2 unspecified atom stereocenters. The topological polar surface area (TPSA) is 57.2 Å². The normalized spacial score (nSPS) is 19.3. The van der Waals surface area contributed by atoms with E-state index in [0.29, 0.717) is 22.8 Å². The van der Waals surface area contributed by atoms with Crippen LogP contribution in [0.25, 0.3) is 0 Å². The zero-order valence-electron chi connectivity index (χ0n) is 16.1. The molecular weight excluding hydrogens is 382 g/mol. The molecule has 1 fully saturated rings. The van der Waals surface area contributed by atoms with E-state index >= 15 is 0 Å². The summed E-state index contributed by atoms with van der Waals surface area (Å²) in [6, 6.07) is 11.6. The third-order valence-electron chi connectivity index (χ3n) is 5.39. The number of esters is 1. The van der Waals surface area contributed by atoms with Crippen molar-refractivity contribution in [1.29, 1.82) is 0 Å². The summed E-state index contributed by atoms with van der Waals surface area (Å²) < 4.78 is 21.9. The van der Waals surface area contributed by atoms with Crippen molar-refractivity contribution in [1.82, 2.24) is 0 Å². The van der Waals surface area contributed by atoms with Gasteiger partial charge in [-0.25, -0.2) is 4.79 Å². The number of carbonyl (C=O) groups excluding carboxylic acids is 1. The fourth-order valence-corrected chi connectivity index (χ4v) is 4.10. The number of anilines is 1. The molecule has 7 heteroatoms. The Kier molecular flexibility index (Phi) is 5.89. The van der Waals surface area contributed by atoms with Crippen LogP contribution in [0.15, 0.2) is 36.4 Å². The van der Waals surface area contributed by atoms with Crippen LogP contribution >= 0.6 is 12.4 Å². The molecule has 3 aliphatic rings. The molecule has 2 atom stereocenters. The predicted octanol–water partition coefficient (Wildman–Crippen LogP) is 3.67. The molecule has 2 aromatic rings. The quantitative estimate of drug-likeness (QED) is 0.707. The molecule has 0 aromatic heterocycles. The lowest BCUT2D eigenvalue weighted by Gasteiger charge is -2.46. The number of para-hydroxylation sites is 1. The number of nitrogens with zero attached hydrogens (tertiary/aromatic N) is 1. The second-order valence-electron chi connectivity index (χ2n) is 6.76. The number of fused-ring (bicyclic) bond motifs is 2. The van der Waals surface area contributed by atoms with E-state index in [1.807, 2.05) is 6.07 Å². The van der Waals surface area contributed by atoms with Crippen molar-refractivity contribution >= 4 is 24.1 Å². The van der Waals surface area contributed by atoms with Crippen molar-refractivity contribution < 1.29 is 23.7 Å². The Morgan fingerprint density at radius 3 is 2.36 bits per heavy atom. The molecule has 1 saturated heterocycles. The van der Waals surface area contributed by atoms with Crippen LogP contribution in [0.2, 0.25) is 0 Å². The van der Waals surface area contributed by atoms with E-state index in [4.69, 9.17) is 18.9 Å². The number of rotatable bonds is 5. The fourth-order valence-electron chi connectivity index (χ4n) is 4.10. The molecule has 0 amide bonds. The molecule has 2 aromatic carbocycles.